The third kappa shape index (κ3) is 5.67. The monoisotopic (exact) mass is 539 g/mol. The van der Waals surface area contributed by atoms with Crippen molar-refractivity contribution in [3.8, 4) is 0 Å². The van der Waals surface area contributed by atoms with E-state index in [1.807, 2.05) is 0 Å². The highest BCUT2D eigenvalue weighted by Crippen LogP contribution is 2.39. The summed E-state index contributed by atoms with van der Waals surface area (Å²) in [5.74, 6) is -5.24. The van der Waals surface area contributed by atoms with Crippen LogP contribution in [0.5, 0.6) is 0 Å². The molecule has 12 heteroatoms. The number of aliphatic hydroxyl groups is 1. The summed E-state index contributed by atoms with van der Waals surface area (Å²) < 4.78 is 46.0. The average Bonchev–Trinajstić information content (AvgIpc) is 3.22. The molecule has 2 N–H and O–H groups in total. The molecule has 1 aliphatic heterocycles. The molecule has 2 aliphatic rings. The summed E-state index contributed by atoms with van der Waals surface area (Å²) in [5, 5.41) is 12.9. The summed E-state index contributed by atoms with van der Waals surface area (Å²) in [6.45, 7) is -0.194. The molecule has 3 amide bonds. The van der Waals surface area contributed by atoms with Crippen LogP contribution in [0.4, 0.5) is 23.7 Å². The number of nitrogens with one attached hydrogen (secondary N) is 1. The van der Waals surface area contributed by atoms with E-state index in [1.165, 1.54) is 24.3 Å². The van der Waals surface area contributed by atoms with Crippen molar-refractivity contribution in [1.29, 1.82) is 0 Å². The number of carbonyl (C=O) groups excluding carboxylic acids is 3. The fourth-order valence-corrected chi connectivity index (χ4v) is 4.93. The molecule has 0 unspecified atom stereocenters. The standard InChI is InChI=1S/C25H25ClF3N3O5/c1-37-24(36)31-13-17(33)10-20(31)23(35)32(16-6-4-5-14(27)9-16)21(18-7-2-3-8-19(18)26)22(34)30-15-11-25(28,29)12-15/h2-9,15,17,20-21,33H,10-13H2,1H3,(H,30,34)/t17-,20+,21+/m1/s1. The van der Waals surface area contributed by atoms with Gasteiger partial charge in [-0.2, -0.15) is 0 Å². The summed E-state index contributed by atoms with van der Waals surface area (Å²) in [7, 11) is 1.12. The maximum absolute atomic E-state index is 14.3. The Hall–Kier alpha value is -3.31. The van der Waals surface area contributed by atoms with Crippen LogP contribution in [0.15, 0.2) is 48.5 Å². The number of rotatable bonds is 6. The van der Waals surface area contributed by atoms with Crippen LogP contribution < -0.4 is 10.2 Å². The van der Waals surface area contributed by atoms with Gasteiger partial charge in [-0.3, -0.25) is 19.4 Å². The van der Waals surface area contributed by atoms with Crippen LogP contribution in [0.3, 0.4) is 0 Å². The molecule has 8 nitrogen and oxygen atoms in total. The number of nitrogens with zero attached hydrogens (tertiary/aromatic N) is 2. The molecule has 0 bridgehead atoms. The molecule has 37 heavy (non-hydrogen) atoms. The Balaban J connectivity index is 1.80. The molecule has 3 atom stereocenters. The van der Waals surface area contributed by atoms with Gasteiger partial charge in [0.15, 0.2) is 0 Å². The number of methoxy groups -OCH3 is 1. The number of likely N-dealkylation sites (tertiary alicyclic amines) is 1. The number of anilines is 1. The zero-order valence-electron chi connectivity index (χ0n) is 19.7. The number of aliphatic hydroxyl groups excluding tert-OH is 1. The highest BCUT2D eigenvalue weighted by Gasteiger charge is 2.49. The number of amides is 3. The van der Waals surface area contributed by atoms with Crippen LogP contribution in [0.25, 0.3) is 0 Å². The number of carbonyl (C=O) groups is 3. The maximum Gasteiger partial charge on any atom is 0.410 e. The minimum Gasteiger partial charge on any atom is -0.453 e. The van der Waals surface area contributed by atoms with Gasteiger partial charge in [-0.05, 0) is 24.3 Å². The first-order valence-corrected chi connectivity index (χ1v) is 11.9. The van der Waals surface area contributed by atoms with E-state index < -0.39 is 66.7 Å². The fourth-order valence-electron chi connectivity index (χ4n) is 4.69. The lowest BCUT2D eigenvalue weighted by Gasteiger charge is -2.39. The smallest absolute Gasteiger partial charge is 0.410 e. The summed E-state index contributed by atoms with van der Waals surface area (Å²) >= 11 is 6.41. The van der Waals surface area contributed by atoms with Gasteiger partial charge in [0.25, 0.3) is 11.8 Å². The molecule has 1 saturated heterocycles. The highest BCUT2D eigenvalue weighted by molar-refractivity contribution is 6.31. The molecule has 1 aliphatic carbocycles. The third-order valence-electron chi connectivity index (χ3n) is 6.44. The Labute approximate surface area is 215 Å². The molecule has 2 fully saturated rings. The van der Waals surface area contributed by atoms with Crippen molar-refractivity contribution in [3.05, 3.63) is 64.9 Å². The van der Waals surface area contributed by atoms with Crippen molar-refractivity contribution in [2.75, 3.05) is 18.6 Å². The van der Waals surface area contributed by atoms with Crippen molar-refractivity contribution in [3.63, 3.8) is 0 Å². The lowest BCUT2D eigenvalue weighted by molar-refractivity contribution is -0.133. The number of alkyl halides is 2. The first kappa shape index (κ1) is 26.7. The van der Waals surface area contributed by atoms with Gasteiger partial charge in [0.05, 0.1) is 19.8 Å². The number of benzene rings is 2. The fraction of sp³-hybridized carbons (Fsp3) is 0.400. The van der Waals surface area contributed by atoms with E-state index in [1.54, 1.807) is 12.1 Å². The Morgan fingerprint density at radius 1 is 1.19 bits per heavy atom. The van der Waals surface area contributed by atoms with Crippen molar-refractivity contribution in [1.82, 2.24) is 10.2 Å². The van der Waals surface area contributed by atoms with Gasteiger partial charge < -0.3 is 15.2 Å². The van der Waals surface area contributed by atoms with E-state index in [0.717, 1.165) is 29.0 Å². The number of hydrogen-bond acceptors (Lipinski definition) is 5. The average molecular weight is 540 g/mol. The maximum atomic E-state index is 14.3. The van der Waals surface area contributed by atoms with Crippen molar-refractivity contribution in [2.45, 2.75) is 49.4 Å². The van der Waals surface area contributed by atoms with E-state index in [9.17, 15) is 32.7 Å². The van der Waals surface area contributed by atoms with Crippen molar-refractivity contribution >= 4 is 35.2 Å². The van der Waals surface area contributed by atoms with Gasteiger partial charge in [-0.25, -0.2) is 18.0 Å². The van der Waals surface area contributed by atoms with E-state index in [0.29, 0.717) is 0 Å². The van der Waals surface area contributed by atoms with Crippen LogP contribution in [0, 0.1) is 5.82 Å². The SMILES string of the molecule is COC(=O)N1C[C@H](O)C[C@H]1C(=O)N(c1cccc(F)c1)[C@H](C(=O)NC1CC(F)(F)C1)c1ccccc1Cl. The largest absolute Gasteiger partial charge is 0.453 e. The topological polar surface area (TPSA) is 99.2 Å². The van der Waals surface area contributed by atoms with Gasteiger partial charge in [-0.15, -0.1) is 0 Å². The minimum atomic E-state index is -2.91. The molecule has 0 spiro atoms. The van der Waals surface area contributed by atoms with Crippen molar-refractivity contribution < 1.29 is 37.4 Å². The van der Waals surface area contributed by atoms with E-state index in [4.69, 9.17) is 16.3 Å². The van der Waals surface area contributed by atoms with Gasteiger partial charge in [0.2, 0.25) is 5.91 Å². The predicted octanol–water partition coefficient (Wildman–Crippen LogP) is 3.67. The molecule has 4 rings (SSSR count). The second-order valence-corrected chi connectivity index (χ2v) is 9.52. The summed E-state index contributed by atoms with van der Waals surface area (Å²) in [6.07, 6.45) is -3.21. The third-order valence-corrected chi connectivity index (χ3v) is 6.78. The van der Waals surface area contributed by atoms with Crippen LogP contribution in [-0.4, -0.2) is 65.7 Å². The number of hydrogen-bond donors (Lipinski definition) is 2. The Morgan fingerprint density at radius 3 is 2.51 bits per heavy atom. The second-order valence-electron chi connectivity index (χ2n) is 9.11. The van der Waals surface area contributed by atoms with Gasteiger partial charge in [0.1, 0.15) is 17.9 Å². The number of ether oxygens (including phenoxy) is 1. The Bertz CT molecular complexity index is 1190. The Kier molecular flexibility index (Phi) is 7.65. The van der Waals surface area contributed by atoms with E-state index >= 15 is 0 Å². The van der Waals surface area contributed by atoms with Crippen LogP contribution in [0.1, 0.15) is 30.9 Å². The first-order chi connectivity index (χ1) is 17.5. The van der Waals surface area contributed by atoms with Gasteiger partial charge in [0, 0.05) is 41.6 Å². The molecule has 2 aromatic rings. The molecule has 0 radical (unpaired) electrons. The Morgan fingerprint density at radius 2 is 1.89 bits per heavy atom. The molecule has 198 valence electrons. The predicted molar refractivity (Wildman–Crippen MR) is 128 cm³/mol. The zero-order valence-corrected chi connectivity index (χ0v) is 20.5. The molecular formula is C25H25ClF3N3O5. The normalized spacial score (nSPS) is 21.6. The van der Waals surface area contributed by atoms with E-state index in [2.05, 4.69) is 5.32 Å². The summed E-state index contributed by atoms with van der Waals surface area (Å²) in [6, 6.07) is 7.47. The first-order valence-electron chi connectivity index (χ1n) is 11.5. The van der Waals surface area contributed by atoms with Crippen LogP contribution in [0.2, 0.25) is 5.02 Å². The molecule has 1 heterocycles. The molecule has 0 aromatic heterocycles. The lowest BCUT2D eigenvalue weighted by Crippen LogP contribution is -2.56. The summed E-state index contributed by atoms with van der Waals surface area (Å²) in [5.41, 5.74) is 0.128. The second kappa shape index (κ2) is 10.6. The quantitative estimate of drug-likeness (QED) is 0.584. The van der Waals surface area contributed by atoms with Crippen LogP contribution in [-0.2, 0) is 14.3 Å². The molecular weight excluding hydrogens is 515 g/mol. The van der Waals surface area contributed by atoms with E-state index in [-0.39, 0.29) is 29.2 Å². The zero-order chi connectivity index (χ0) is 26.9. The minimum absolute atomic E-state index is 0.0322. The van der Waals surface area contributed by atoms with Crippen LogP contribution >= 0.6 is 11.6 Å². The summed E-state index contributed by atoms with van der Waals surface area (Å²) in [4.78, 5) is 42.0. The molecule has 1 saturated carbocycles. The number of β-amino-alcohol motifs (C(OH)–C–C–N with tert-alkyl or cyclic N) is 1. The van der Waals surface area contributed by atoms with Crippen molar-refractivity contribution in [2.24, 2.45) is 0 Å². The highest BCUT2D eigenvalue weighted by atomic mass is 35.5. The lowest BCUT2D eigenvalue weighted by atomic mass is 9.87. The molecule has 2 aromatic carbocycles. The van der Waals surface area contributed by atoms with Gasteiger partial charge in [-0.1, -0.05) is 35.9 Å². The van der Waals surface area contributed by atoms with Gasteiger partial charge >= 0.3 is 6.09 Å². The number of halogens is 4.